The summed E-state index contributed by atoms with van der Waals surface area (Å²) < 4.78 is 32.6. The molecular weight excluding hydrogens is 472 g/mol. The largest absolute Gasteiger partial charge is 0.508 e. The van der Waals surface area contributed by atoms with Crippen molar-refractivity contribution in [3.8, 4) is 5.75 Å². The topological polar surface area (TPSA) is 75.6 Å². The highest BCUT2D eigenvalue weighted by molar-refractivity contribution is 7.80. The number of aromatic hydroxyl groups is 1. The maximum Gasteiger partial charge on any atom is 0.329 e. The predicted octanol–water partition coefficient (Wildman–Crippen LogP) is 4.79. The molecule has 0 saturated heterocycles. The second-order valence-corrected chi connectivity index (χ2v) is 8.64. The van der Waals surface area contributed by atoms with E-state index in [9.17, 15) is 23.5 Å². The number of carbonyl (C=O) groups excluding carboxylic acids is 2. The zero-order valence-electron chi connectivity index (χ0n) is 19.2. The van der Waals surface area contributed by atoms with E-state index in [1.165, 1.54) is 18.2 Å². The van der Waals surface area contributed by atoms with Gasteiger partial charge in [0.05, 0.1) is 5.92 Å². The number of esters is 1. The number of halogens is 2. The van der Waals surface area contributed by atoms with E-state index in [2.05, 4.69) is 17.9 Å². The second kappa shape index (κ2) is 12.4. The van der Waals surface area contributed by atoms with Crippen LogP contribution in [0.4, 0.5) is 8.78 Å². The van der Waals surface area contributed by atoms with Crippen LogP contribution in [0.15, 0.2) is 72.8 Å². The third kappa shape index (κ3) is 7.29. The van der Waals surface area contributed by atoms with E-state index in [1.54, 1.807) is 19.1 Å². The van der Waals surface area contributed by atoms with Crippen molar-refractivity contribution in [2.45, 2.75) is 31.9 Å². The molecule has 0 saturated carbocycles. The average Bonchev–Trinajstić information content (AvgIpc) is 2.86. The Balaban J connectivity index is 1.76. The summed E-state index contributed by atoms with van der Waals surface area (Å²) in [6.07, 6.45) is 0.137. The molecule has 184 valence electrons. The quantitative estimate of drug-likeness (QED) is 0.277. The fraction of sp³-hybridized carbons (Fsp3) is 0.259. The SMILES string of the molecule is CC(c1ccc(F)c(F)c1)C(CS)C(=O)N[C@@H](Cc1ccc(O)cc1)C(=O)OCc1ccccc1. The normalized spacial score (nSPS) is 13.5. The molecule has 0 aliphatic rings. The lowest BCUT2D eigenvalue weighted by atomic mass is 9.87. The van der Waals surface area contributed by atoms with E-state index >= 15 is 0 Å². The summed E-state index contributed by atoms with van der Waals surface area (Å²) in [6.45, 7) is 1.76. The highest BCUT2D eigenvalue weighted by Gasteiger charge is 2.30. The van der Waals surface area contributed by atoms with Crippen LogP contribution in [0.2, 0.25) is 0 Å². The van der Waals surface area contributed by atoms with Gasteiger partial charge in [-0.25, -0.2) is 13.6 Å². The zero-order chi connectivity index (χ0) is 25.4. The van der Waals surface area contributed by atoms with Crippen LogP contribution in [-0.4, -0.2) is 28.8 Å². The Bertz CT molecular complexity index is 1140. The first-order valence-electron chi connectivity index (χ1n) is 11.1. The van der Waals surface area contributed by atoms with Crippen LogP contribution in [0.1, 0.15) is 29.5 Å². The monoisotopic (exact) mass is 499 g/mol. The van der Waals surface area contributed by atoms with E-state index in [-0.39, 0.29) is 24.5 Å². The summed E-state index contributed by atoms with van der Waals surface area (Å²) in [5.74, 6) is -4.05. The Morgan fingerprint density at radius 2 is 1.66 bits per heavy atom. The molecule has 3 rings (SSSR count). The predicted molar refractivity (Wildman–Crippen MR) is 132 cm³/mol. The highest BCUT2D eigenvalue weighted by Crippen LogP contribution is 2.27. The second-order valence-electron chi connectivity index (χ2n) is 8.28. The van der Waals surface area contributed by atoms with Crippen molar-refractivity contribution in [3.05, 3.63) is 101 Å². The van der Waals surface area contributed by atoms with Crippen molar-refractivity contribution < 1.29 is 28.2 Å². The van der Waals surface area contributed by atoms with Gasteiger partial charge >= 0.3 is 5.97 Å². The molecule has 0 radical (unpaired) electrons. The number of nitrogens with one attached hydrogen (secondary N) is 1. The van der Waals surface area contributed by atoms with Gasteiger partial charge in [-0.3, -0.25) is 4.79 Å². The number of hydrogen-bond donors (Lipinski definition) is 3. The molecule has 0 heterocycles. The summed E-state index contributed by atoms with van der Waals surface area (Å²) in [4.78, 5) is 26.2. The van der Waals surface area contributed by atoms with Gasteiger partial charge in [-0.2, -0.15) is 12.6 Å². The molecule has 2 N–H and O–H groups in total. The number of amides is 1. The molecular formula is C27H27F2NO4S. The van der Waals surface area contributed by atoms with E-state index in [0.29, 0.717) is 11.1 Å². The number of benzene rings is 3. The van der Waals surface area contributed by atoms with Crippen LogP contribution >= 0.6 is 12.6 Å². The lowest BCUT2D eigenvalue weighted by molar-refractivity contribution is -0.149. The Kier molecular flexibility index (Phi) is 9.25. The third-order valence-corrected chi connectivity index (χ3v) is 6.20. The summed E-state index contributed by atoms with van der Waals surface area (Å²) in [7, 11) is 0. The summed E-state index contributed by atoms with van der Waals surface area (Å²) in [5.41, 5.74) is 1.96. The number of phenols is 1. The molecule has 3 atom stereocenters. The molecule has 0 aliphatic carbocycles. The van der Waals surface area contributed by atoms with Crippen molar-refractivity contribution in [1.82, 2.24) is 5.32 Å². The first-order valence-corrected chi connectivity index (χ1v) is 11.8. The fourth-order valence-corrected chi connectivity index (χ4v) is 4.15. The number of ether oxygens (including phenoxy) is 1. The smallest absolute Gasteiger partial charge is 0.329 e. The Labute approximate surface area is 208 Å². The van der Waals surface area contributed by atoms with Crippen LogP contribution in [0.5, 0.6) is 5.75 Å². The molecule has 0 bridgehead atoms. The Hall–Kier alpha value is -3.39. The molecule has 0 aromatic heterocycles. The molecule has 5 nitrogen and oxygen atoms in total. The van der Waals surface area contributed by atoms with Crippen LogP contribution in [-0.2, 0) is 27.4 Å². The molecule has 35 heavy (non-hydrogen) atoms. The van der Waals surface area contributed by atoms with Crippen LogP contribution in [0.25, 0.3) is 0 Å². The number of hydrogen-bond acceptors (Lipinski definition) is 5. The van der Waals surface area contributed by atoms with Crippen molar-refractivity contribution in [2.24, 2.45) is 5.92 Å². The standard InChI is InChI=1S/C27H27F2NO4S/c1-17(20-9-12-23(28)24(29)14-20)22(16-35)26(32)30-25(13-18-7-10-21(31)11-8-18)27(33)34-15-19-5-3-2-4-6-19/h2-12,14,17,22,25,31,35H,13,15-16H2,1H3,(H,30,32)/t17?,22?,25-/m0/s1. The Morgan fingerprint density at radius 1 is 0.971 bits per heavy atom. The van der Waals surface area contributed by atoms with E-state index in [0.717, 1.165) is 17.7 Å². The minimum Gasteiger partial charge on any atom is -0.508 e. The van der Waals surface area contributed by atoms with Gasteiger partial charge in [-0.1, -0.05) is 55.5 Å². The molecule has 8 heteroatoms. The van der Waals surface area contributed by atoms with Crippen molar-refractivity contribution in [2.75, 3.05) is 5.75 Å². The number of carbonyl (C=O) groups is 2. The fourth-order valence-electron chi connectivity index (χ4n) is 3.67. The average molecular weight is 500 g/mol. The van der Waals surface area contributed by atoms with Crippen LogP contribution in [0.3, 0.4) is 0 Å². The first kappa shape index (κ1) is 26.2. The molecule has 2 unspecified atom stereocenters. The van der Waals surface area contributed by atoms with E-state index in [1.807, 2.05) is 30.3 Å². The molecule has 0 spiro atoms. The molecule has 3 aromatic carbocycles. The van der Waals surface area contributed by atoms with Crippen molar-refractivity contribution in [3.63, 3.8) is 0 Å². The minimum absolute atomic E-state index is 0.0445. The molecule has 3 aromatic rings. The summed E-state index contributed by atoms with van der Waals surface area (Å²) >= 11 is 4.29. The van der Waals surface area contributed by atoms with Gasteiger partial charge in [0.25, 0.3) is 0 Å². The van der Waals surface area contributed by atoms with Gasteiger partial charge in [0.2, 0.25) is 5.91 Å². The maximum absolute atomic E-state index is 13.7. The van der Waals surface area contributed by atoms with Gasteiger partial charge < -0.3 is 15.2 Å². The van der Waals surface area contributed by atoms with Gasteiger partial charge in [0.15, 0.2) is 11.6 Å². The number of thiol groups is 1. The first-order chi connectivity index (χ1) is 16.8. The highest BCUT2D eigenvalue weighted by atomic mass is 32.1. The molecule has 0 fully saturated rings. The van der Waals surface area contributed by atoms with Gasteiger partial charge in [-0.05, 0) is 46.9 Å². The summed E-state index contributed by atoms with van der Waals surface area (Å²) in [6, 6.07) is 17.9. The zero-order valence-corrected chi connectivity index (χ0v) is 20.1. The van der Waals surface area contributed by atoms with Crippen molar-refractivity contribution >= 4 is 24.5 Å². The van der Waals surface area contributed by atoms with Crippen LogP contribution in [0, 0.1) is 17.6 Å². The number of phenolic OH excluding ortho intramolecular Hbond substituents is 1. The maximum atomic E-state index is 13.7. The van der Waals surface area contributed by atoms with E-state index in [4.69, 9.17) is 4.74 Å². The van der Waals surface area contributed by atoms with Gasteiger partial charge in [0, 0.05) is 12.2 Å². The van der Waals surface area contributed by atoms with Crippen LogP contribution < -0.4 is 5.32 Å². The minimum atomic E-state index is -1.00. The van der Waals surface area contributed by atoms with Crippen molar-refractivity contribution in [1.29, 1.82) is 0 Å². The van der Waals surface area contributed by atoms with Gasteiger partial charge in [0.1, 0.15) is 18.4 Å². The lowest BCUT2D eigenvalue weighted by Crippen LogP contribution is -2.47. The molecule has 0 aliphatic heterocycles. The lowest BCUT2D eigenvalue weighted by Gasteiger charge is -2.25. The Morgan fingerprint density at radius 3 is 2.29 bits per heavy atom. The third-order valence-electron chi connectivity index (χ3n) is 5.81. The molecule has 1 amide bonds. The number of rotatable bonds is 10. The van der Waals surface area contributed by atoms with E-state index < -0.39 is 41.4 Å². The van der Waals surface area contributed by atoms with Gasteiger partial charge in [-0.15, -0.1) is 0 Å². The summed E-state index contributed by atoms with van der Waals surface area (Å²) in [5, 5.41) is 12.3.